The van der Waals surface area contributed by atoms with Crippen molar-refractivity contribution in [3.8, 4) is 11.3 Å². The van der Waals surface area contributed by atoms with Gasteiger partial charge < -0.3 is 9.63 Å². The van der Waals surface area contributed by atoms with Crippen molar-refractivity contribution in [3.63, 3.8) is 0 Å². The molecule has 0 aliphatic heterocycles. The highest BCUT2D eigenvalue weighted by atomic mass is 35.5. The molecule has 1 aromatic heterocycles. The molecule has 0 radical (unpaired) electrons. The molecule has 0 spiro atoms. The van der Waals surface area contributed by atoms with Crippen LogP contribution in [0.2, 0.25) is 5.02 Å². The van der Waals surface area contributed by atoms with Gasteiger partial charge >= 0.3 is 0 Å². The number of aliphatic hydroxyl groups excluding tert-OH is 1. The zero-order valence-electron chi connectivity index (χ0n) is 8.99. The Kier molecular flexibility index (Phi) is 3.76. The number of benzene rings is 1. The maximum Gasteiger partial charge on any atom is 0.142 e. The van der Waals surface area contributed by atoms with E-state index in [2.05, 4.69) is 5.16 Å². The van der Waals surface area contributed by atoms with Gasteiger partial charge in [0.1, 0.15) is 17.3 Å². The molecule has 0 atom stereocenters. The molecule has 0 saturated heterocycles. The minimum absolute atomic E-state index is 0.0812. The van der Waals surface area contributed by atoms with Gasteiger partial charge in [-0.3, -0.25) is 0 Å². The number of nitrogens with zero attached hydrogens (tertiary/aromatic N) is 1. The predicted octanol–water partition coefficient (Wildman–Crippen LogP) is 3.06. The van der Waals surface area contributed by atoms with E-state index in [4.69, 9.17) is 21.2 Å². The van der Waals surface area contributed by atoms with Gasteiger partial charge in [-0.1, -0.05) is 22.8 Å². The second kappa shape index (κ2) is 5.29. The highest BCUT2D eigenvalue weighted by molar-refractivity contribution is 6.30. The van der Waals surface area contributed by atoms with Crippen molar-refractivity contribution < 1.29 is 14.0 Å². The van der Waals surface area contributed by atoms with Crippen molar-refractivity contribution >= 4 is 11.6 Å². The smallest absolute Gasteiger partial charge is 0.142 e. The van der Waals surface area contributed by atoms with Crippen LogP contribution in [-0.2, 0) is 6.42 Å². The number of hydrogen-bond acceptors (Lipinski definition) is 3. The summed E-state index contributed by atoms with van der Waals surface area (Å²) in [6.45, 7) is 0.103. The van der Waals surface area contributed by atoms with E-state index in [1.54, 1.807) is 12.1 Å². The van der Waals surface area contributed by atoms with Crippen LogP contribution in [0, 0.1) is 5.82 Å². The van der Waals surface area contributed by atoms with Gasteiger partial charge in [0.15, 0.2) is 0 Å². The van der Waals surface area contributed by atoms with Gasteiger partial charge in [0.05, 0.1) is 5.02 Å². The minimum atomic E-state index is -0.482. The topological polar surface area (TPSA) is 46.3 Å². The van der Waals surface area contributed by atoms with Crippen LogP contribution in [0.3, 0.4) is 0 Å². The van der Waals surface area contributed by atoms with E-state index in [9.17, 15) is 4.39 Å². The second-order valence-electron chi connectivity index (χ2n) is 3.63. The molecule has 3 nitrogen and oxygen atoms in total. The Morgan fingerprint density at radius 2 is 2.18 bits per heavy atom. The summed E-state index contributed by atoms with van der Waals surface area (Å²) in [4.78, 5) is 0. The van der Waals surface area contributed by atoms with Gasteiger partial charge in [0.25, 0.3) is 0 Å². The van der Waals surface area contributed by atoms with Crippen LogP contribution in [0.15, 0.2) is 28.8 Å². The normalized spacial score (nSPS) is 10.8. The van der Waals surface area contributed by atoms with Crippen molar-refractivity contribution in [1.82, 2.24) is 5.16 Å². The molecule has 1 heterocycles. The van der Waals surface area contributed by atoms with Crippen LogP contribution < -0.4 is 0 Å². The molecule has 0 unspecified atom stereocenters. The summed E-state index contributed by atoms with van der Waals surface area (Å²) in [6.07, 6.45) is 1.23. The third kappa shape index (κ3) is 2.84. The third-order valence-corrected chi connectivity index (χ3v) is 2.66. The highest BCUT2D eigenvalue weighted by Gasteiger charge is 2.08. The molecule has 0 amide bonds. The summed E-state index contributed by atoms with van der Waals surface area (Å²) in [7, 11) is 0. The van der Waals surface area contributed by atoms with Gasteiger partial charge in [-0.05, 0) is 18.6 Å². The minimum Gasteiger partial charge on any atom is -0.396 e. The molecule has 1 N–H and O–H groups in total. The maximum absolute atomic E-state index is 13.3. The molecule has 0 aliphatic carbocycles. The summed E-state index contributed by atoms with van der Waals surface area (Å²) >= 11 is 5.60. The van der Waals surface area contributed by atoms with Gasteiger partial charge in [0.2, 0.25) is 0 Å². The fourth-order valence-corrected chi connectivity index (χ4v) is 1.59. The zero-order valence-corrected chi connectivity index (χ0v) is 9.75. The first-order valence-corrected chi connectivity index (χ1v) is 5.60. The lowest BCUT2D eigenvalue weighted by molar-refractivity contribution is 0.280. The molecule has 2 aromatic rings. The van der Waals surface area contributed by atoms with Crippen LogP contribution in [0.25, 0.3) is 11.3 Å². The quantitative estimate of drug-likeness (QED) is 0.913. The lowest BCUT2D eigenvalue weighted by atomic mass is 10.1. The highest BCUT2D eigenvalue weighted by Crippen LogP contribution is 2.24. The molecular formula is C12H11ClFNO2. The molecule has 5 heteroatoms. The van der Waals surface area contributed by atoms with Crippen LogP contribution in [0.5, 0.6) is 0 Å². The number of halogens is 2. The number of rotatable bonds is 4. The van der Waals surface area contributed by atoms with Crippen LogP contribution in [0.1, 0.15) is 12.2 Å². The fourth-order valence-electron chi connectivity index (χ4n) is 1.48. The Balaban J connectivity index is 2.21. The van der Waals surface area contributed by atoms with E-state index >= 15 is 0 Å². The second-order valence-corrected chi connectivity index (χ2v) is 4.04. The lowest BCUT2D eigenvalue weighted by Gasteiger charge is -1.97. The molecular weight excluding hydrogens is 245 g/mol. The summed E-state index contributed by atoms with van der Waals surface area (Å²) in [6, 6.07) is 6.21. The third-order valence-electron chi connectivity index (χ3n) is 2.36. The van der Waals surface area contributed by atoms with Crippen LogP contribution in [-0.4, -0.2) is 16.9 Å². The largest absolute Gasteiger partial charge is 0.396 e. The van der Waals surface area contributed by atoms with E-state index in [-0.39, 0.29) is 11.6 Å². The van der Waals surface area contributed by atoms with E-state index in [0.29, 0.717) is 29.9 Å². The molecule has 0 fully saturated rings. The van der Waals surface area contributed by atoms with Gasteiger partial charge in [0, 0.05) is 24.7 Å². The molecule has 17 heavy (non-hydrogen) atoms. The van der Waals surface area contributed by atoms with Gasteiger partial charge in [-0.15, -0.1) is 0 Å². The Morgan fingerprint density at radius 1 is 1.35 bits per heavy atom. The fraction of sp³-hybridized carbons (Fsp3) is 0.250. The van der Waals surface area contributed by atoms with Crippen LogP contribution in [0.4, 0.5) is 4.39 Å². The van der Waals surface area contributed by atoms with E-state index < -0.39 is 5.82 Å². The van der Waals surface area contributed by atoms with Crippen LogP contribution >= 0.6 is 11.6 Å². The van der Waals surface area contributed by atoms with E-state index in [0.717, 1.165) is 0 Å². The predicted molar refractivity (Wildman–Crippen MR) is 62.3 cm³/mol. The zero-order chi connectivity index (χ0) is 12.3. The van der Waals surface area contributed by atoms with Crippen molar-refractivity contribution in [3.05, 3.63) is 40.9 Å². The number of hydrogen-bond donors (Lipinski definition) is 1. The van der Waals surface area contributed by atoms with Crippen molar-refractivity contribution in [1.29, 1.82) is 0 Å². The van der Waals surface area contributed by atoms with Gasteiger partial charge in [-0.25, -0.2) is 4.39 Å². The first kappa shape index (κ1) is 12.1. The van der Waals surface area contributed by atoms with Crippen molar-refractivity contribution in [2.45, 2.75) is 12.8 Å². The SMILES string of the molecule is OCCCc1cc(-c2ccc(Cl)c(F)c2)no1. The summed E-state index contributed by atoms with van der Waals surface area (Å²) in [5, 5.41) is 12.6. The summed E-state index contributed by atoms with van der Waals surface area (Å²) in [5.74, 6) is 0.188. The first-order valence-electron chi connectivity index (χ1n) is 5.22. The Bertz CT molecular complexity index is 513. The Morgan fingerprint density at radius 3 is 2.88 bits per heavy atom. The standard InChI is InChI=1S/C12H11ClFNO2/c13-10-4-3-8(6-11(10)14)12-7-9(17-15-12)2-1-5-16/h3-4,6-7,16H,1-2,5H2. The number of aliphatic hydroxyl groups is 1. The lowest BCUT2D eigenvalue weighted by Crippen LogP contribution is -1.86. The Hall–Kier alpha value is -1.39. The average molecular weight is 256 g/mol. The van der Waals surface area contributed by atoms with E-state index in [1.165, 1.54) is 12.1 Å². The van der Waals surface area contributed by atoms with Gasteiger partial charge in [-0.2, -0.15) is 0 Å². The number of aromatic nitrogens is 1. The monoisotopic (exact) mass is 255 g/mol. The molecule has 0 bridgehead atoms. The van der Waals surface area contributed by atoms with Crippen molar-refractivity contribution in [2.24, 2.45) is 0 Å². The first-order chi connectivity index (χ1) is 8.20. The maximum atomic E-state index is 13.3. The Labute approximate surface area is 103 Å². The summed E-state index contributed by atoms with van der Waals surface area (Å²) in [5.41, 5.74) is 1.18. The molecule has 0 aliphatic rings. The average Bonchev–Trinajstić information content (AvgIpc) is 2.79. The van der Waals surface area contributed by atoms with Crippen molar-refractivity contribution in [2.75, 3.05) is 6.61 Å². The molecule has 1 aromatic carbocycles. The summed E-state index contributed by atoms with van der Waals surface area (Å²) < 4.78 is 18.3. The number of aryl methyl sites for hydroxylation is 1. The molecule has 0 saturated carbocycles. The van der Waals surface area contributed by atoms with E-state index in [1.807, 2.05) is 0 Å². The molecule has 2 rings (SSSR count). The molecule has 90 valence electrons.